The number of alkyl halides is 3. The molecular formula is C9H15F3N2O3. The summed E-state index contributed by atoms with van der Waals surface area (Å²) in [5.74, 6) is -4.06. The maximum atomic E-state index is 12.4. The first-order chi connectivity index (χ1) is 7.64. The largest absolute Gasteiger partial charge is 0.481 e. The molecule has 5 nitrogen and oxygen atoms in total. The van der Waals surface area contributed by atoms with Crippen LogP contribution in [0.5, 0.6) is 0 Å². The lowest BCUT2D eigenvalue weighted by atomic mass is 10.0. The summed E-state index contributed by atoms with van der Waals surface area (Å²) < 4.78 is 37.1. The van der Waals surface area contributed by atoms with Gasteiger partial charge in [-0.25, -0.2) is 0 Å². The zero-order valence-electron chi connectivity index (χ0n) is 9.25. The molecule has 17 heavy (non-hydrogen) atoms. The second-order valence-electron chi connectivity index (χ2n) is 3.70. The molecule has 0 aromatic carbocycles. The molecule has 0 spiro atoms. The van der Waals surface area contributed by atoms with Crippen molar-refractivity contribution in [1.82, 2.24) is 5.32 Å². The topological polar surface area (TPSA) is 92.4 Å². The van der Waals surface area contributed by atoms with E-state index >= 15 is 0 Å². The molecule has 0 aromatic heterocycles. The average Bonchev–Trinajstić information content (AvgIpc) is 2.13. The van der Waals surface area contributed by atoms with Crippen molar-refractivity contribution < 1.29 is 27.9 Å². The molecule has 0 aliphatic carbocycles. The van der Waals surface area contributed by atoms with E-state index in [2.05, 4.69) is 5.32 Å². The van der Waals surface area contributed by atoms with Gasteiger partial charge in [0.25, 0.3) is 0 Å². The quantitative estimate of drug-likeness (QED) is 0.645. The fraction of sp³-hybridized carbons (Fsp3) is 0.778. The molecule has 8 heteroatoms. The van der Waals surface area contributed by atoms with E-state index in [4.69, 9.17) is 10.8 Å². The molecule has 100 valence electrons. The van der Waals surface area contributed by atoms with Crippen molar-refractivity contribution in [3.05, 3.63) is 0 Å². The summed E-state index contributed by atoms with van der Waals surface area (Å²) in [7, 11) is 0. The van der Waals surface area contributed by atoms with Gasteiger partial charge in [-0.15, -0.1) is 0 Å². The third-order valence-corrected chi connectivity index (χ3v) is 2.09. The molecule has 0 bridgehead atoms. The van der Waals surface area contributed by atoms with Gasteiger partial charge in [0.15, 0.2) is 0 Å². The van der Waals surface area contributed by atoms with Crippen LogP contribution >= 0.6 is 0 Å². The highest BCUT2D eigenvalue weighted by Gasteiger charge is 2.40. The van der Waals surface area contributed by atoms with Crippen molar-refractivity contribution >= 4 is 11.9 Å². The molecule has 0 aliphatic rings. The van der Waals surface area contributed by atoms with Crippen molar-refractivity contribution in [2.24, 2.45) is 11.7 Å². The lowest BCUT2D eigenvalue weighted by Gasteiger charge is -2.18. The zero-order valence-corrected chi connectivity index (χ0v) is 9.25. The first-order valence-electron chi connectivity index (χ1n) is 4.96. The third-order valence-electron chi connectivity index (χ3n) is 2.09. The van der Waals surface area contributed by atoms with Gasteiger partial charge in [-0.3, -0.25) is 9.59 Å². The van der Waals surface area contributed by atoms with Crippen LogP contribution in [0.15, 0.2) is 0 Å². The first kappa shape index (κ1) is 15.7. The minimum Gasteiger partial charge on any atom is -0.481 e. The number of nitrogens with one attached hydrogen (secondary N) is 1. The van der Waals surface area contributed by atoms with E-state index < -0.39 is 42.9 Å². The Kier molecular flexibility index (Phi) is 5.94. The summed E-state index contributed by atoms with van der Waals surface area (Å²) in [6.07, 6.45) is -6.07. The van der Waals surface area contributed by atoms with Crippen molar-refractivity contribution in [3.63, 3.8) is 0 Å². The highest BCUT2D eigenvalue weighted by atomic mass is 19.4. The fourth-order valence-corrected chi connectivity index (χ4v) is 1.12. The minimum absolute atomic E-state index is 0.252. The maximum Gasteiger partial charge on any atom is 0.392 e. The molecule has 4 N–H and O–H groups in total. The van der Waals surface area contributed by atoms with E-state index in [-0.39, 0.29) is 6.54 Å². The Morgan fingerprint density at radius 2 is 1.94 bits per heavy atom. The lowest BCUT2D eigenvalue weighted by molar-refractivity contribution is -0.184. The summed E-state index contributed by atoms with van der Waals surface area (Å²) in [5.41, 5.74) is 5.19. The van der Waals surface area contributed by atoms with Gasteiger partial charge in [-0.2, -0.15) is 13.2 Å². The summed E-state index contributed by atoms with van der Waals surface area (Å²) in [4.78, 5) is 21.2. The van der Waals surface area contributed by atoms with Crippen molar-refractivity contribution in [2.45, 2.75) is 32.0 Å². The Balaban J connectivity index is 4.19. The number of carboxylic acid groups (broad SMARTS) is 1. The standard InChI is InChI=1S/C9H15F3N2O3/c1-5(13)8(17)14-3-2-6(4-7(15)16)9(10,11)12/h5-6H,2-4,13H2,1H3,(H,14,17)(H,15,16)/t5-,6?/m0/s1. The van der Waals surface area contributed by atoms with Gasteiger partial charge in [-0.1, -0.05) is 0 Å². The van der Waals surface area contributed by atoms with E-state index in [1.807, 2.05) is 0 Å². The van der Waals surface area contributed by atoms with E-state index in [1.54, 1.807) is 0 Å². The number of hydrogen-bond donors (Lipinski definition) is 3. The molecule has 0 saturated carbocycles. The van der Waals surface area contributed by atoms with Crippen LogP contribution in [0.4, 0.5) is 13.2 Å². The minimum atomic E-state index is -4.59. The first-order valence-corrected chi connectivity index (χ1v) is 4.96. The number of hydrogen-bond acceptors (Lipinski definition) is 3. The second kappa shape index (κ2) is 6.43. The Morgan fingerprint density at radius 1 is 1.41 bits per heavy atom. The van der Waals surface area contributed by atoms with Crippen LogP contribution in [0, 0.1) is 5.92 Å². The highest BCUT2D eigenvalue weighted by Crippen LogP contribution is 2.31. The van der Waals surface area contributed by atoms with Crippen LogP contribution in [0.3, 0.4) is 0 Å². The molecule has 0 aromatic rings. The van der Waals surface area contributed by atoms with Crippen LogP contribution in [0.1, 0.15) is 19.8 Å². The molecule has 0 aliphatic heterocycles. The number of amides is 1. The van der Waals surface area contributed by atoms with E-state index in [0.717, 1.165) is 0 Å². The number of halogens is 3. The fourth-order valence-electron chi connectivity index (χ4n) is 1.12. The molecular weight excluding hydrogens is 241 g/mol. The SMILES string of the molecule is C[C@H](N)C(=O)NCCC(CC(=O)O)C(F)(F)F. The molecule has 0 saturated heterocycles. The highest BCUT2D eigenvalue weighted by molar-refractivity contribution is 5.80. The summed E-state index contributed by atoms with van der Waals surface area (Å²) in [6, 6.07) is -0.807. The Morgan fingerprint density at radius 3 is 2.29 bits per heavy atom. The molecule has 0 heterocycles. The summed E-state index contributed by atoms with van der Waals surface area (Å²) >= 11 is 0. The summed E-state index contributed by atoms with van der Waals surface area (Å²) in [5, 5.41) is 10.5. The monoisotopic (exact) mass is 256 g/mol. The second-order valence-corrected chi connectivity index (χ2v) is 3.70. The molecule has 0 fully saturated rings. The Hall–Kier alpha value is -1.31. The Labute approximate surface area is 96.2 Å². The predicted octanol–water partition coefficient (Wildman–Crippen LogP) is 0.493. The van der Waals surface area contributed by atoms with Crippen LogP contribution in [0.25, 0.3) is 0 Å². The van der Waals surface area contributed by atoms with E-state index in [9.17, 15) is 22.8 Å². The van der Waals surface area contributed by atoms with E-state index in [0.29, 0.717) is 0 Å². The van der Waals surface area contributed by atoms with Crippen molar-refractivity contribution in [2.75, 3.05) is 6.54 Å². The van der Waals surface area contributed by atoms with Gasteiger partial charge in [0.2, 0.25) is 5.91 Å². The van der Waals surface area contributed by atoms with Crippen LogP contribution in [-0.4, -0.2) is 35.7 Å². The molecule has 1 amide bonds. The number of aliphatic carboxylic acids is 1. The molecule has 0 radical (unpaired) electrons. The van der Waals surface area contributed by atoms with E-state index in [1.165, 1.54) is 6.92 Å². The summed E-state index contributed by atoms with van der Waals surface area (Å²) in [6.45, 7) is 1.14. The molecule has 0 rings (SSSR count). The number of rotatable bonds is 6. The van der Waals surface area contributed by atoms with Crippen LogP contribution in [0.2, 0.25) is 0 Å². The maximum absolute atomic E-state index is 12.4. The number of carbonyl (C=O) groups is 2. The van der Waals surface area contributed by atoms with Gasteiger partial charge in [0.1, 0.15) is 0 Å². The van der Waals surface area contributed by atoms with Gasteiger partial charge >= 0.3 is 12.1 Å². The number of carbonyl (C=O) groups excluding carboxylic acids is 1. The van der Waals surface area contributed by atoms with Gasteiger partial charge in [-0.05, 0) is 13.3 Å². The molecule has 1 unspecified atom stereocenters. The molecule has 2 atom stereocenters. The predicted molar refractivity (Wildman–Crippen MR) is 53.1 cm³/mol. The number of nitrogens with two attached hydrogens (primary N) is 1. The van der Waals surface area contributed by atoms with Crippen molar-refractivity contribution in [3.8, 4) is 0 Å². The normalized spacial score (nSPS) is 15.1. The van der Waals surface area contributed by atoms with Crippen molar-refractivity contribution in [1.29, 1.82) is 0 Å². The third kappa shape index (κ3) is 6.77. The zero-order chi connectivity index (χ0) is 13.6. The smallest absolute Gasteiger partial charge is 0.392 e. The number of carboxylic acids is 1. The van der Waals surface area contributed by atoms with Crippen LogP contribution in [-0.2, 0) is 9.59 Å². The van der Waals surface area contributed by atoms with Gasteiger partial charge < -0.3 is 16.2 Å². The lowest BCUT2D eigenvalue weighted by Crippen LogP contribution is -2.40. The van der Waals surface area contributed by atoms with Crippen LogP contribution < -0.4 is 11.1 Å². The van der Waals surface area contributed by atoms with Gasteiger partial charge in [0.05, 0.1) is 18.4 Å². The Bertz CT molecular complexity index is 279. The van der Waals surface area contributed by atoms with Gasteiger partial charge in [0, 0.05) is 6.54 Å². The average molecular weight is 256 g/mol.